The molecule has 1 aliphatic carbocycles. The van der Waals surface area contributed by atoms with Gasteiger partial charge in [-0.1, -0.05) is 0 Å². The number of amides is 1. The molecular weight excluding hydrogens is 354 g/mol. The number of likely N-dealkylation sites (tertiary alicyclic amines) is 1. The molecule has 0 spiro atoms. The lowest BCUT2D eigenvalue weighted by molar-refractivity contribution is -0.0518. The summed E-state index contributed by atoms with van der Waals surface area (Å²) in [6.45, 7) is 7.60. The zero-order chi connectivity index (χ0) is 19.7. The summed E-state index contributed by atoms with van der Waals surface area (Å²) in [6.07, 6.45) is 5.36. The fourth-order valence-corrected chi connectivity index (χ4v) is 3.86. The first-order chi connectivity index (χ1) is 12.6. The molecule has 2 aliphatic rings. The van der Waals surface area contributed by atoms with E-state index < -0.39 is 17.6 Å². The van der Waals surface area contributed by atoms with E-state index in [0.717, 1.165) is 25.1 Å². The summed E-state index contributed by atoms with van der Waals surface area (Å²) in [4.78, 5) is 14.1. The molecule has 2 fully saturated rings. The molecule has 152 valence electrons. The normalized spacial score (nSPS) is 24.1. The lowest BCUT2D eigenvalue weighted by atomic mass is 9.91. The number of hydrogen-bond donors (Lipinski definition) is 1. The van der Waals surface area contributed by atoms with Crippen LogP contribution in [0.5, 0.6) is 0 Å². The molecule has 6 nitrogen and oxygen atoms in total. The van der Waals surface area contributed by atoms with Crippen LogP contribution in [0.4, 0.5) is 13.6 Å². The number of nitrogens with one attached hydrogen (secondary N) is 1. The number of aromatic nitrogens is 2. The van der Waals surface area contributed by atoms with E-state index in [0.29, 0.717) is 19.4 Å². The van der Waals surface area contributed by atoms with E-state index in [4.69, 9.17) is 4.74 Å². The van der Waals surface area contributed by atoms with E-state index >= 15 is 0 Å². The smallest absolute Gasteiger partial charge is 0.407 e. The van der Waals surface area contributed by atoms with Crippen LogP contribution < -0.4 is 5.32 Å². The molecule has 3 rings (SSSR count). The molecule has 1 amide bonds. The maximum atomic E-state index is 13.4. The van der Waals surface area contributed by atoms with E-state index in [1.54, 1.807) is 6.20 Å². The van der Waals surface area contributed by atoms with Crippen molar-refractivity contribution in [1.29, 1.82) is 0 Å². The Morgan fingerprint density at radius 1 is 1.30 bits per heavy atom. The molecule has 0 aromatic carbocycles. The van der Waals surface area contributed by atoms with Crippen molar-refractivity contribution < 1.29 is 18.3 Å². The highest BCUT2D eigenvalue weighted by Crippen LogP contribution is 2.37. The number of hydrogen-bond acceptors (Lipinski definition) is 4. The number of carbonyl (C=O) groups is 1. The predicted molar refractivity (Wildman–Crippen MR) is 97.7 cm³/mol. The van der Waals surface area contributed by atoms with E-state index in [2.05, 4.69) is 15.3 Å². The minimum absolute atomic E-state index is 0.00108. The van der Waals surface area contributed by atoms with Crippen LogP contribution in [0.1, 0.15) is 64.5 Å². The van der Waals surface area contributed by atoms with Gasteiger partial charge in [-0.25, -0.2) is 13.6 Å². The highest BCUT2D eigenvalue weighted by Gasteiger charge is 2.39. The SMILES string of the molecule is CC(C)(C)OC(=O)NCc1cnn(C2CCN(C3CCC(F)(F)CC3)C2)c1. The number of nitrogens with zero attached hydrogens (tertiary/aromatic N) is 3. The van der Waals surface area contributed by atoms with Gasteiger partial charge in [0, 0.05) is 50.3 Å². The molecule has 2 heterocycles. The van der Waals surface area contributed by atoms with Gasteiger partial charge in [-0.05, 0) is 40.0 Å². The Kier molecular flexibility index (Phi) is 5.74. The van der Waals surface area contributed by atoms with Crippen LogP contribution in [-0.2, 0) is 11.3 Å². The third kappa shape index (κ3) is 5.64. The number of rotatable bonds is 4. The average Bonchev–Trinajstić information content (AvgIpc) is 3.20. The highest BCUT2D eigenvalue weighted by molar-refractivity contribution is 5.67. The summed E-state index contributed by atoms with van der Waals surface area (Å²) in [5.74, 6) is -2.48. The van der Waals surface area contributed by atoms with E-state index in [9.17, 15) is 13.6 Å². The van der Waals surface area contributed by atoms with Crippen LogP contribution in [0.2, 0.25) is 0 Å². The number of ether oxygens (including phenoxy) is 1. The number of alkyl halides is 2. The molecule has 1 unspecified atom stereocenters. The summed E-state index contributed by atoms with van der Waals surface area (Å²) in [5, 5.41) is 7.16. The van der Waals surface area contributed by atoms with E-state index in [-0.39, 0.29) is 24.9 Å². The number of carbonyl (C=O) groups excluding carboxylic acids is 1. The highest BCUT2D eigenvalue weighted by atomic mass is 19.3. The first-order valence-corrected chi connectivity index (χ1v) is 9.73. The largest absolute Gasteiger partial charge is 0.444 e. The van der Waals surface area contributed by atoms with Gasteiger partial charge in [0.25, 0.3) is 0 Å². The number of alkyl carbamates (subject to hydrolysis) is 1. The van der Waals surface area contributed by atoms with Crippen molar-refractivity contribution >= 4 is 6.09 Å². The first-order valence-electron chi connectivity index (χ1n) is 9.73. The Labute approximate surface area is 159 Å². The van der Waals surface area contributed by atoms with Crippen molar-refractivity contribution in [1.82, 2.24) is 20.0 Å². The van der Waals surface area contributed by atoms with Gasteiger partial charge >= 0.3 is 6.09 Å². The first kappa shape index (κ1) is 20.0. The van der Waals surface area contributed by atoms with Gasteiger partial charge < -0.3 is 10.1 Å². The Morgan fingerprint density at radius 2 is 2.00 bits per heavy atom. The molecule has 0 bridgehead atoms. The summed E-state index contributed by atoms with van der Waals surface area (Å²) in [6, 6.07) is 0.515. The van der Waals surface area contributed by atoms with Crippen LogP contribution in [0.3, 0.4) is 0 Å². The molecule has 1 aliphatic heterocycles. The molecule has 1 aromatic rings. The van der Waals surface area contributed by atoms with Crippen molar-refractivity contribution in [3.63, 3.8) is 0 Å². The molecule has 1 saturated heterocycles. The standard InChI is InChI=1S/C19H30F2N4O2/c1-18(2,3)27-17(26)22-10-14-11-23-25(12-14)16-6-9-24(13-16)15-4-7-19(20,21)8-5-15/h11-12,15-16H,4-10,13H2,1-3H3,(H,22,26). The molecule has 8 heteroatoms. The third-order valence-corrected chi connectivity index (χ3v) is 5.26. The van der Waals surface area contributed by atoms with E-state index in [1.165, 1.54) is 0 Å². The quantitative estimate of drug-likeness (QED) is 0.859. The van der Waals surface area contributed by atoms with Crippen LogP contribution in [-0.4, -0.2) is 51.4 Å². The maximum absolute atomic E-state index is 13.4. The fourth-order valence-electron chi connectivity index (χ4n) is 3.86. The summed E-state index contributed by atoms with van der Waals surface area (Å²) < 4.78 is 33.9. The lowest BCUT2D eigenvalue weighted by Gasteiger charge is -2.34. The molecule has 27 heavy (non-hydrogen) atoms. The van der Waals surface area contributed by atoms with Gasteiger partial charge in [-0.15, -0.1) is 0 Å². The van der Waals surface area contributed by atoms with Gasteiger partial charge in [0.1, 0.15) is 5.60 Å². The summed E-state index contributed by atoms with van der Waals surface area (Å²) in [7, 11) is 0. The van der Waals surface area contributed by atoms with Crippen molar-refractivity contribution in [2.24, 2.45) is 0 Å². The van der Waals surface area contributed by atoms with E-state index in [1.807, 2.05) is 31.6 Å². The average molecular weight is 384 g/mol. The Hall–Kier alpha value is -1.70. The fraction of sp³-hybridized carbons (Fsp3) is 0.789. The molecule has 1 N–H and O–H groups in total. The summed E-state index contributed by atoms with van der Waals surface area (Å²) in [5.41, 5.74) is 0.390. The molecule has 1 aromatic heterocycles. The Bertz CT molecular complexity index is 646. The monoisotopic (exact) mass is 384 g/mol. The Morgan fingerprint density at radius 3 is 2.67 bits per heavy atom. The lowest BCUT2D eigenvalue weighted by Crippen LogP contribution is -2.39. The van der Waals surface area contributed by atoms with Crippen molar-refractivity contribution in [2.75, 3.05) is 13.1 Å². The van der Waals surface area contributed by atoms with Crippen LogP contribution in [0.25, 0.3) is 0 Å². The van der Waals surface area contributed by atoms with Gasteiger partial charge in [0.05, 0.1) is 12.2 Å². The predicted octanol–water partition coefficient (Wildman–Crippen LogP) is 3.73. The minimum atomic E-state index is -2.48. The van der Waals surface area contributed by atoms with Crippen LogP contribution in [0.15, 0.2) is 12.4 Å². The maximum Gasteiger partial charge on any atom is 0.407 e. The second-order valence-electron chi connectivity index (χ2n) is 8.71. The van der Waals surface area contributed by atoms with Gasteiger partial charge in [-0.2, -0.15) is 5.10 Å². The molecule has 1 atom stereocenters. The van der Waals surface area contributed by atoms with Gasteiger partial charge in [0.2, 0.25) is 5.92 Å². The van der Waals surface area contributed by atoms with Crippen molar-refractivity contribution in [2.45, 2.75) is 83.0 Å². The number of halogens is 2. The van der Waals surface area contributed by atoms with Crippen LogP contribution >= 0.6 is 0 Å². The molecule has 0 radical (unpaired) electrons. The van der Waals surface area contributed by atoms with Gasteiger partial charge in [0.15, 0.2) is 0 Å². The second kappa shape index (κ2) is 7.73. The topological polar surface area (TPSA) is 59.4 Å². The van der Waals surface area contributed by atoms with Crippen molar-refractivity contribution in [3.05, 3.63) is 18.0 Å². The van der Waals surface area contributed by atoms with Crippen molar-refractivity contribution in [3.8, 4) is 0 Å². The zero-order valence-corrected chi connectivity index (χ0v) is 16.4. The Balaban J connectivity index is 1.47. The van der Waals surface area contributed by atoms with Crippen LogP contribution in [0, 0.1) is 0 Å². The third-order valence-electron chi connectivity index (χ3n) is 5.26. The van der Waals surface area contributed by atoms with Gasteiger partial charge in [-0.3, -0.25) is 9.58 Å². The summed E-state index contributed by atoms with van der Waals surface area (Å²) >= 11 is 0. The minimum Gasteiger partial charge on any atom is -0.444 e. The molecular formula is C19H30F2N4O2. The molecule has 1 saturated carbocycles. The zero-order valence-electron chi connectivity index (χ0n) is 16.4. The second-order valence-corrected chi connectivity index (χ2v) is 8.71.